The van der Waals surface area contributed by atoms with E-state index in [-0.39, 0.29) is 5.54 Å². The third-order valence-electron chi connectivity index (χ3n) is 4.51. The van der Waals surface area contributed by atoms with Gasteiger partial charge >= 0.3 is 0 Å². The predicted octanol–water partition coefficient (Wildman–Crippen LogP) is 4.04. The highest BCUT2D eigenvalue weighted by Gasteiger charge is 2.32. The molecule has 21 heavy (non-hydrogen) atoms. The van der Waals surface area contributed by atoms with E-state index < -0.39 is 0 Å². The second-order valence-electron chi connectivity index (χ2n) is 8.56. The minimum atomic E-state index is 0.138. The van der Waals surface area contributed by atoms with Gasteiger partial charge < -0.3 is 9.73 Å². The summed E-state index contributed by atoms with van der Waals surface area (Å²) in [7, 11) is 0. The molecule has 2 heterocycles. The molecule has 0 aromatic carbocycles. The molecule has 1 aliphatic rings. The number of rotatable bonds is 4. The normalized spacial score (nSPS) is 21.1. The summed E-state index contributed by atoms with van der Waals surface area (Å²) in [4.78, 5) is 2.54. The third kappa shape index (κ3) is 4.86. The average Bonchev–Trinajstić information content (AvgIpc) is 2.94. The number of nitrogens with one attached hydrogen (secondary N) is 1. The number of furan rings is 1. The zero-order chi connectivity index (χ0) is 15.7. The second-order valence-corrected chi connectivity index (χ2v) is 8.56. The summed E-state index contributed by atoms with van der Waals surface area (Å²) >= 11 is 0. The molecular formula is C18H32N2O. The van der Waals surface area contributed by atoms with Crippen LogP contribution >= 0.6 is 0 Å². The van der Waals surface area contributed by atoms with Crippen LogP contribution in [0.2, 0.25) is 0 Å². The van der Waals surface area contributed by atoms with E-state index in [4.69, 9.17) is 4.42 Å². The molecule has 120 valence electrons. The van der Waals surface area contributed by atoms with Crippen molar-refractivity contribution in [3.05, 3.63) is 23.7 Å². The van der Waals surface area contributed by atoms with Crippen LogP contribution < -0.4 is 5.32 Å². The number of likely N-dealkylation sites (tertiary alicyclic amines) is 1. The maximum Gasteiger partial charge on any atom is 0.122 e. The smallest absolute Gasteiger partial charge is 0.122 e. The lowest BCUT2D eigenvalue weighted by atomic mass is 9.80. The van der Waals surface area contributed by atoms with Crippen molar-refractivity contribution in [2.75, 3.05) is 13.1 Å². The molecule has 3 heteroatoms. The van der Waals surface area contributed by atoms with Crippen molar-refractivity contribution < 1.29 is 4.42 Å². The van der Waals surface area contributed by atoms with E-state index >= 15 is 0 Å². The fourth-order valence-corrected chi connectivity index (χ4v) is 2.91. The summed E-state index contributed by atoms with van der Waals surface area (Å²) in [6.45, 7) is 17.9. The van der Waals surface area contributed by atoms with Crippen molar-refractivity contribution in [2.45, 2.75) is 66.6 Å². The minimum Gasteiger partial charge on any atom is -0.468 e. The highest BCUT2D eigenvalue weighted by atomic mass is 16.3. The van der Waals surface area contributed by atoms with Gasteiger partial charge in [-0.05, 0) is 51.1 Å². The first-order chi connectivity index (χ1) is 9.65. The van der Waals surface area contributed by atoms with E-state index in [9.17, 15) is 0 Å². The van der Waals surface area contributed by atoms with E-state index in [1.807, 2.05) is 6.26 Å². The lowest BCUT2D eigenvalue weighted by Gasteiger charge is -2.27. The molecule has 1 unspecified atom stereocenters. The van der Waals surface area contributed by atoms with Crippen LogP contribution in [0.3, 0.4) is 0 Å². The number of hydrogen-bond donors (Lipinski definition) is 1. The Balaban J connectivity index is 1.91. The van der Waals surface area contributed by atoms with Gasteiger partial charge in [-0.3, -0.25) is 4.90 Å². The van der Waals surface area contributed by atoms with E-state index in [0.717, 1.165) is 24.8 Å². The summed E-state index contributed by atoms with van der Waals surface area (Å²) in [5.74, 6) is 1.92. The molecule has 1 aliphatic heterocycles. The Hall–Kier alpha value is -0.800. The van der Waals surface area contributed by atoms with Gasteiger partial charge in [0.25, 0.3) is 0 Å². The quantitative estimate of drug-likeness (QED) is 0.908. The largest absolute Gasteiger partial charge is 0.468 e. The molecule has 1 atom stereocenters. The van der Waals surface area contributed by atoms with Gasteiger partial charge in [-0.25, -0.2) is 0 Å². The molecule has 0 radical (unpaired) electrons. The van der Waals surface area contributed by atoms with E-state index in [0.29, 0.717) is 5.41 Å². The van der Waals surface area contributed by atoms with Crippen LogP contribution in [0.4, 0.5) is 0 Å². The molecule has 1 saturated heterocycles. The molecule has 0 spiro atoms. The fourth-order valence-electron chi connectivity index (χ4n) is 2.91. The SMILES string of the molecule is CC(C)(C)NCc1ccoc1CN1CCC(C(C)(C)C)C1. The Labute approximate surface area is 130 Å². The van der Waals surface area contributed by atoms with Crippen molar-refractivity contribution in [1.29, 1.82) is 0 Å². The molecule has 0 aliphatic carbocycles. The third-order valence-corrected chi connectivity index (χ3v) is 4.51. The van der Waals surface area contributed by atoms with Gasteiger partial charge in [0.05, 0.1) is 12.8 Å². The van der Waals surface area contributed by atoms with Crippen LogP contribution in [0.1, 0.15) is 59.3 Å². The fraction of sp³-hybridized carbons (Fsp3) is 0.778. The molecule has 0 bridgehead atoms. The van der Waals surface area contributed by atoms with Crippen LogP contribution in [0, 0.1) is 11.3 Å². The lowest BCUT2D eigenvalue weighted by Crippen LogP contribution is -2.35. The Morgan fingerprint density at radius 3 is 2.52 bits per heavy atom. The summed E-state index contributed by atoms with van der Waals surface area (Å²) in [5.41, 5.74) is 1.85. The Morgan fingerprint density at radius 1 is 1.24 bits per heavy atom. The molecule has 0 saturated carbocycles. The topological polar surface area (TPSA) is 28.4 Å². The van der Waals surface area contributed by atoms with Gasteiger partial charge in [-0.1, -0.05) is 20.8 Å². The van der Waals surface area contributed by atoms with Crippen LogP contribution in [0.5, 0.6) is 0 Å². The van der Waals surface area contributed by atoms with Crippen molar-refractivity contribution in [1.82, 2.24) is 10.2 Å². The zero-order valence-corrected chi connectivity index (χ0v) is 14.6. The second kappa shape index (κ2) is 6.13. The molecule has 1 N–H and O–H groups in total. The first-order valence-corrected chi connectivity index (χ1v) is 8.18. The van der Waals surface area contributed by atoms with Crippen molar-refractivity contribution >= 4 is 0 Å². The maximum absolute atomic E-state index is 5.73. The average molecular weight is 292 g/mol. The molecule has 1 fully saturated rings. The molecular weight excluding hydrogens is 260 g/mol. The van der Waals surface area contributed by atoms with E-state index in [1.165, 1.54) is 25.1 Å². The summed E-state index contributed by atoms with van der Waals surface area (Å²) in [5, 5.41) is 3.54. The van der Waals surface area contributed by atoms with Gasteiger partial charge in [0.15, 0.2) is 0 Å². The molecule has 1 aromatic rings. The van der Waals surface area contributed by atoms with Gasteiger partial charge in [0.1, 0.15) is 5.76 Å². The first kappa shape index (κ1) is 16.6. The Morgan fingerprint density at radius 2 is 1.95 bits per heavy atom. The van der Waals surface area contributed by atoms with Gasteiger partial charge in [-0.15, -0.1) is 0 Å². The van der Waals surface area contributed by atoms with Crippen molar-refractivity contribution in [2.24, 2.45) is 11.3 Å². The van der Waals surface area contributed by atoms with Gasteiger partial charge in [-0.2, -0.15) is 0 Å². The van der Waals surface area contributed by atoms with Gasteiger partial charge in [0, 0.05) is 24.2 Å². The van der Waals surface area contributed by atoms with Crippen LogP contribution in [0.15, 0.2) is 16.7 Å². The van der Waals surface area contributed by atoms with Crippen LogP contribution in [0.25, 0.3) is 0 Å². The zero-order valence-electron chi connectivity index (χ0n) is 14.6. The molecule has 2 rings (SSSR count). The predicted molar refractivity (Wildman–Crippen MR) is 88.1 cm³/mol. The summed E-state index contributed by atoms with van der Waals surface area (Å²) in [6.07, 6.45) is 3.13. The monoisotopic (exact) mass is 292 g/mol. The first-order valence-electron chi connectivity index (χ1n) is 8.18. The maximum atomic E-state index is 5.73. The van der Waals surface area contributed by atoms with Crippen LogP contribution in [-0.2, 0) is 13.1 Å². The van der Waals surface area contributed by atoms with Gasteiger partial charge in [0.2, 0.25) is 0 Å². The highest BCUT2D eigenvalue weighted by Crippen LogP contribution is 2.34. The van der Waals surface area contributed by atoms with Crippen molar-refractivity contribution in [3.8, 4) is 0 Å². The summed E-state index contributed by atoms with van der Waals surface area (Å²) < 4.78 is 5.73. The van der Waals surface area contributed by atoms with E-state index in [1.54, 1.807) is 0 Å². The minimum absolute atomic E-state index is 0.138. The molecule has 0 amide bonds. The van der Waals surface area contributed by atoms with Crippen molar-refractivity contribution in [3.63, 3.8) is 0 Å². The lowest BCUT2D eigenvalue weighted by molar-refractivity contribution is 0.219. The highest BCUT2D eigenvalue weighted by molar-refractivity contribution is 5.17. The number of nitrogens with zero attached hydrogens (tertiary/aromatic N) is 1. The molecule has 1 aromatic heterocycles. The Bertz CT molecular complexity index is 451. The summed E-state index contributed by atoms with van der Waals surface area (Å²) in [6, 6.07) is 2.10. The standard InChI is InChI=1S/C18H32N2O/c1-17(2,3)15-7-9-20(12-15)13-16-14(8-10-21-16)11-19-18(4,5)6/h8,10,15,19H,7,9,11-13H2,1-6H3. The number of hydrogen-bond acceptors (Lipinski definition) is 3. The molecule has 3 nitrogen and oxygen atoms in total. The van der Waals surface area contributed by atoms with Crippen LogP contribution in [-0.4, -0.2) is 23.5 Å². The van der Waals surface area contributed by atoms with E-state index in [2.05, 4.69) is 57.8 Å². The Kier molecular flexibility index (Phi) is 4.84.